The molecular weight excluding hydrogens is 156 g/mol. The van der Waals surface area contributed by atoms with Crippen molar-refractivity contribution in [1.29, 1.82) is 0 Å². The van der Waals surface area contributed by atoms with E-state index in [2.05, 4.69) is 6.92 Å². The van der Waals surface area contributed by atoms with Gasteiger partial charge < -0.3 is 8.85 Å². The van der Waals surface area contributed by atoms with Gasteiger partial charge in [-0.05, 0) is 18.0 Å². The molecule has 0 amide bonds. The van der Waals surface area contributed by atoms with Gasteiger partial charge in [-0.2, -0.15) is 0 Å². The maximum atomic E-state index is 5.50. The molecular formula is C8H18O2Si. The smallest absolute Gasteiger partial charge is 0.337 e. The predicted octanol–water partition coefficient (Wildman–Crippen LogP) is 2.15. The van der Waals surface area contributed by atoms with Crippen LogP contribution in [0.1, 0.15) is 19.8 Å². The SMILES string of the molecule is CC[Si](CC1CC1)(OC)OC. The third kappa shape index (κ3) is 2.29. The van der Waals surface area contributed by atoms with Crippen LogP contribution in [0, 0.1) is 5.92 Å². The lowest BCUT2D eigenvalue weighted by Crippen LogP contribution is -2.39. The Morgan fingerprint density at radius 3 is 2.09 bits per heavy atom. The van der Waals surface area contributed by atoms with Crippen LogP contribution in [0.5, 0.6) is 0 Å². The van der Waals surface area contributed by atoms with Crippen LogP contribution in [0.3, 0.4) is 0 Å². The van der Waals surface area contributed by atoms with Crippen molar-refractivity contribution in [2.75, 3.05) is 14.2 Å². The van der Waals surface area contributed by atoms with Gasteiger partial charge in [0.25, 0.3) is 0 Å². The molecule has 0 N–H and O–H groups in total. The Morgan fingerprint density at radius 2 is 1.82 bits per heavy atom. The minimum absolute atomic E-state index is 0.918. The Balaban J connectivity index is 2.39. The first kappa shape index (κ1) is 9.23. The Morgan fingerprint density at radius 1 is 1.27 bits per heavy atom. The third-order valence-electron chi connectivity index (χ3n) is 2.58. The molecule has 3 heteroatoms. The zero-order chi connectivity index (χ0) is 8.32. The van der Waals surface area contributed by atoms with Crippen LogP contribution >= 0.6 is 0 Å². The van der Waals surface area contributed by atoms with Crippen molar-refractivity contribution in [3.8, 4) is 0 Å². The molecule has 1 aliphatic rings. The van der Waals surface area contributed by atoms with Crippen molar-refractivity contribution in [3.05, 3.63) is 0 Å². The number of hydrogen-bond acceptors (Lipinski definition) is 2. The van der Waals surface area contributed by atoms with Gasteiger partial charge in [0.1, 0.15) is 0 Å². The maximum Gasteiger partial charge on any atom is 0.337 e. The Bertz CT molecular complexity index is 111. The van der Waals surface area contributed by atoms with Gasteiger partial charge in [-0.3, -0.25) is 0 Å². The highest BCUT2D eigenvalue weighted by molar-refractivity contribution is 6.67. The summed E-state index contributed by atoms with van der Waals surface area (Å²) in [5.41, 5.74) is 0. The van der Waals surface area contributed by atoms with Gasteiger partial charge in [0.05, 0.1) is 0 Å². The van der Waals surface area contributed by atoms with Gasteiger partial charge in [-0.1, -0.05) is 19.8 Å². The molecule has 0 aromatic heterocycles. The Kier molecular flexibility index (Phi) is 3.10. The van der Waals surface area contributed by atoms with E-state index < -0.39 is 8.56 Å². The van der Waals surface area contributed by atoms with E-state index in [-0.39, 0.29) is 0 Å². The monoisotopic (exact) mass is 174 g/mol. The van der Waals surface area contributed by atoms with Gasteiger partial charge >= 0.3 is 8.56 Å². The Labute approximate surface area is 70.1 Å². The van der Waals surface area contributed by atoms with Crippen molar-refractivity contribution >= 4 is 8.56 Å². The zero-order valence-corrected chi connectivity index (χ0v) is 8.72. The molecule has 0 heterocycles. The summed E-state index contributed by atoms with van der Waals surface area (Å²) < 4.78 is 11.0. The fourth-order valence-electron chi connectivity index (χ4n) is 1.44. The van der Waals surface area contributed by atoms with Crippen LogP contribution < -0.4 is 0 Å². The molecule has 1 saturated carbocycles. The van der Waals surface area contributed by atoms with Crippen molar-refractivity contribution in [3.63, 3.8) is 0 Å². The summed E-state index contributed by atoms with van der Waals surface area (Å²) in [5, 5.41) is 0. The average Bonchev–Trinajstić information content (AvgIpc) is 2.84. The minimum Gasteiger partial charge on any atom is -0.398 e. The Hall–Kier alpha value is 0.137. The topological polar surface area (TPSA) is 18.5 Å². The molecule has 0 atom stereocenters. The van der Waals surface area contributed by atoms with E-state index in [0.29, 0.717) is 0 Å². The third-order valence-corrected chi connectivity index (χ3v) is 6.34. The molecule has 0 saturated heterocycles. The van der Waals surface area contributed by atoms with Gasteiger partial charge in [0, 0.05) is 14.2 Å². The second-order valence-corrected chi connectivity index (χ2v) is 7.07. The minimum atomic E-state index is -1.72. The summed E-state index contributed by atoms with van der Waals surface area (Å²) >= 11 is 0. The second kappa shape index (κ2) is 3.69. The molecule has 0 aliphatic heterocycles. The number of rotatable bonds is 5. The van der Waals surface area contributed by atoms with Crippen molar-refractivity contribution in [2.24, 2.45) is 5.92 Å². The summed E-state index contributed by atoms with van der Waals surface area (Å²) in [4.78, 5) is 0. The second-order valence-electron chi connectivity index (χ2n) is 3.32. The summed E-state index contributed by atoms with van der Waals surface area (Å²) in [6.07, 6.45) is 2.78. The molecule has 0 spiro atoms. The fourth-order valence-corrected chi connectivity index (χ4v) is 4.10. The highest BCUT2D eigenvalue weighted by atomic mass is 28.4. The van der Waals surface area contributed by atoms with Crippen LogP contribution in [0.2, 0.25) is 12.1 Å². The normalized spacial score (nSPS) is 18.8. The van der Waals surface area contributed by atoms with E-state index in [1.165, 1.54) is 18.9 Å². The molecule has 1 aliphatic carbocycles. The van der Waals surface area contributed by atoms with Gasteiger partial charge in [0.2, 0.25) is 0 Å². The molecule has 0 aromatic carbocycles. The van der Waals surface area contributed by atoms with Crippen LogP contribution in [0.15, 0.2) is 0 Å². The number of hydrogen-bond donors (Lipinski definition) is 0. The maximum absolute atomic E-state index is 5.50. The molecule has 1 fully saturated rings. The lowest BCUT2D eigenvalue weighted by molar-refractivity contribution is 0.240. The quantitative estimate of drug-likeness (QED) is 0.595. The molecule has 11 heavy (non-hydrogen) atoms. The van der Waals surface area contributed by atoms with Crippen LogP contribution in [-0.2, 0) is 8.85 Å². The van der Waals surface area contributed by atoms with Crippen LogP contribution in [-0.4, -0.2) is 22.8 Å². The summed E-state index contributed by atoms with van der Waals surface area (Å²) in [6, 6.07) is 2.28. The van der Waals surface area contributed by atoms with Gasteiger partial charge in [0.15, 0.2) is 0 Å². The van der Waals surface area contributed by atoms with E-state index in [1.54, 1.807) is 14.2 Å². The molecule has 0 radical (unpaired) electrons. The lowest BCUT2D eigenvalue weighted by Gasteiger charge is -2.25. The van der Waals surface area contributed by atoms with E-state index in [4.69, 9.17) is 8.85 Å². The average molecular weight is 174 g/mol. The van der Waals surface area contributed by atoms with Crippen LogP contribution in [0.4, 0.5) is 0 Å². The molecule has 0 bridgehead atoms. The summed E-state index contributed by atoms with van der Waals surface area (Å²) in [6.45, 7) is 2.17. The summed E-state index contributed by atoms with van der Waals surface area (Å²) in [7, 11) is 1.87. The zero-order valence-electron chi connectivity index (χ0n) is 7.72. The fraction of sp³-hybridized carbons (Fsp3) is 1.00. The molecule has 66 valence electrons. The summed E-state index contributed by atoms with van der Waals surface area (Å²) in [5.74, 6) is 0.918. The van der Waals surface area contributed by atoms with Gasteiger partial charge in [-0.15, -0.1) is 0 Å². The van der Waals surface area contributed by atoms with Crippen LogP contribution in [0.25, 0.3) is 0 Å². The standard InChI is InChI=1S/C8H18O2Si/c1-4-11(9-2,10-3)7-8-5-6-8/h8H,4-7H2,1-3H3. The molecule has 2 nitrogen and oxygen atoms in total. The molecule has 1 rings (SSSR count). The highest BCUT2D eigenvalue weighted by Crippen LogP contribution is 2.38. The van der Waals surface area contributed by atoms with Crippen molar-refractivity contribution < 1.29 is 8.85 Å². The van der Waals surface area contributed by atoms with Crippen molar-refractivity contribution in [2.45, 2.75) is 31.9 Å². The molecule has 0 unspecified atom stereocenters. The first-order valence-corrected chi connectivity index (χ1v) is 6.59. The molecule has 0 aromatic rings. The van der Waals surface area contributed by atoms with E-state index in [9.17, 15) is 0 Å². The van der Waals surface area contributed by atoms with Crippen molar-refractivity contribution in [1.82, 2.24) is 0 Å². The van der Waals surface area contributed by atoms with Gasteiger partial charge in [-0.25, -0.2) is 0 Å². The highest BCUT2D eigenvalue weighted by Gasteiger charge is 2.39. The van der Waals surface area contributed by atoms with E-state index in [0.717, 1.165) is 12.0 Å². The van der Waals surface area contributed by atoms with E-state index in [1.807, 2.05) is 0 Å². The predicted molar refractivity (Wildman–Crippen MR) is 47.8 cm³/mol. The first-order chi connectivity index (χ1) is 5.26. The lowest BCUT2D eigenvalue weighted by atomic mass is 10.5. The van der Waals surface area contributed by atoms with E-state index >= 15 is 0 Å². The largest absolute Gasteiger partial charge is 0.398 e. The first-order valence-electron chi connectivity index (χ1n) is 4.36.